The van der Waals surface area contributed by atoms with Crippen LogP contribution in [-0.4, -0.2) is 53.3 Å². The van der Waals surface area contributed by atoms with Crippen molar-refractivity contribution in [3.8, 4) is 40.6 Å². The molecule has 0 radical (unpaired) electrons. The number of hydrogen-bond acceptors (Lipinski definition) is 9. The lowest BCUT2D eigenvalue weighted by Crippen LogP contribution is -2.30. The van der Waals surface area contributed by atoms with Crippen LogP contribution in [0.3, 0.4) is 0 Å². The molecule has 0 fully saturated rings. The number of fused-ring (bicyclic) bond motifs is 2. The highest BCUT2D eigenvalue weighted by Crippen LogP contribution is 2.37. The number of hydrogen-bond donors (Lipinski definition) is 5. The van der Waals surface area contributed by atoms with Gasteiger partial charge in [0.15, 0.2) is 11.5 Å². The number of H-pyrrole nitrogens is 1. The largest absolute Gasteiger partial charge is 0.508 e. The van der Waals surface area contributed by atoms with Crippen LogP contribution in [0.1, 0.15) is 80.0 Å². The third kappa shape index (κ3) is 10.8. The number of allylic oxidation sites excluding steroid dienone is 2. The molecule has 2 bridgehead atoms. The summed E-state index contributed by atoms with van der Waals surface area (Å²) < 4.78 is 17.5. The predicted molar refractivity (Wildman–Crippen MR) is 216 cm³/mol. The molecule has 6 rings (SSSR count). The molecule has 292 valence electrons. The molecule has 5 N–H and O–H groups in total. The molecule has 0 unspecified atom stereocenters. The fourth-order valence-corrected chi connectivity index (χ4v) is 7.52. The number of phenolic OH excluding ortho intramolecular Hbond substituents is 2. The van der Waals surface area contributed by atoms with Crippen molar-refractivity contribution >= 4 is 11.8 Å². The van der Waals surface area contributed by atoms with Gasteiger partial charge in [-0.05, 0) is 102 Å². The Balaban J connectivity index is 1.33. The van der Waals surface area contributed by atoms with Gasteiger partial charge in [0, 0.05) is 50.7 Å². The number of Topliss-reactive ketones (excluding diaryl/α,β-unsaturated/α-hetero) is 1. The summed E-state index contributed by atoms with van der Waals surface area (Å²) >= 11 is 0. The summed E-state index contributed by atoms with van der Waals surface area (Å²) in [6.07, 6.45) is 12.0. The Morgan fingerprint density at radius 3 is 2.41 bits per heavy atom. The molecule has 0 spiro atoms. The molecule has 10 heteroatoms. The molecule has 4 atom stereocenters. The van der Waals surface area contributed by atoms with Crippen molar-refractivity contribution in [1.29, 1.82) is 0 Å². The van der Waals surface area contributed by atoms with Crippen molar-refractivity contribution in [2.24, 2.45) is 5.92 Å². The van der Waals surface area contributed by atoms with E-state index in [-0.39, 0.29) is 36.0 Å². The van der Waals surface area contributed by atoms with Crippen molar-refractivity contribution in [2.75, 3.05) is 20.2 Å². The number of dihydropyridines is 1. The van der Waals surface area contributed by atoms with E-state index < -0.39 is 18.0 Å². The van der Waals surface area contributed by atoms with E-state index in [1.54, 1.807) is 37.4 Å². The molecule has 0 saturated heterocycles. The summed E-state index contributed by atoms with van der Waals surface area (Å²) in [7, 11) is 1.55. The molecule has 0 amide bonds. The Morgan fingerprint density at radius 2 is 1.66 bits per heavy atom. The zero-order valence-corrected chi connectivity index (χ0v) is 32.3. The second kappa shape index (κ2) is 19.0. The molecule has 1 aromatic heterocycles. The quantitative estimate of drug-likeness (QED) is 0.0938. The van der Waals surface area contributed by atoms with Crippen LogP contribution in [0.2, 0.25) is 0 Å². The third-order valence-corrected chi connectivity index (χ3v) is 10.4. The van der Waals surface area contributed by atoms with E-state index in [4.69, 9.17) is 14.2 Å². The zero-order valence-electron chi connectivity index (χ0n) is 32.3. The van der Waals surface area contributed by atoms with E-state index in [0.29, 0.717) is 42.7 Å². The van der Waals surface area contributed by atoms with Crippen molar-refractivity contribution in [2.45, 2.75) is 76.7 Å². The van der Waals surface area contributed by atoms with E-state index in [9.17, 15) is 19.8 Å². The van der Waals surface area contributed by atoms with Gasteiger partial charge in [-0.1, -0.05) is 55.5 Å². The maximum Gasteiger partial charge on any atom is 0.302 e. The van der Waals surface area contributed by atoms with Crippen LogP contribution in [0.15, 0.2) is 103 Å². The standard InChI is InChI=1S/C46H51N3O7/c1-4-31-13-15-42(55-30(2)50)27-40(53)21-32(33-14-16-44(45(24-33)54-3)56-41-12-6-11-39(52)26-41)9-7-18-48-46-25-35(17-19-49-46)43(34-8-5-10-38(51)22-34)23-37-29-47-28-36(37)20-31/h5-6,8,10-12,14,16-17,22,24-26,28-29,31-32,42-43,47-49,51-52H,4,13,15,18-21,23,27H2,1-3H3/t31-,32+,42-,43+/m1/s1. The molecule has 0 saturated carbocycles. The van der Waals surface area contributed by atoms with E-state index in [0.717, 1.165) is 48.2 Å². The van der Waals surface area contributed by atoms with Crippen molar-refractivity contribution in [3.63, 3.8) is 0 Å². The predicted octanol–water partition coefficient (Wildman–Crippen LogP) is 7.94. The fraction of sp³-hybridized carbons (Fsp3) is 0.348. The van der Waals surface area contributed by atoms with Crippen LogP contribution in [0.5, 0.6) is 28.7 Å². The number of aromatic nitrogens is 1. The number of methoxy groups -OCH3 is 1. The van der Waals surface area contributed by atoms with Gasteiger partial charge in [0.2, 0.25) is 0 Å². The maximum absolute atomic E-state index is 13.8. The first kappa shape index (κ1) is 39.6. The number of aromatic amines is 1. The topological polar surface area (TPSA) is 142 Å². The second-order valence-corrected chi connectivity index (χ2v) is 14.5. The molecule has 4 aromatic rings. The monoisotopic (exact) mass is 757 g/mol. The third-order valence-electron chi connectivity index (χ3n) is 10.4. The molecule has 2 aliphatic heterocycles. The molecule has 10 nitrogen and oxygen atoms in total. The molecular formula is C46H51N3O7. The van der Waals surface area contributed by atoms with Gasteiger partial charge < -0.3 is 40.0 Å². The Bertz CT molecular complexity index is 2120. The smallest absolute Gasteiger partial charge is 0.302 e. The van der Waals surface area contributed by atoms with Crippen LogP contribution in [-0.2, 0) is 27.2 Å². The Kier molecular flexibility index (Phi) is 13.4. The molecule has 56 heavy (non-hydrogen) atoms. The minimum atomic E-state index is -0.548. The Morgan fingerprint density at radius 1 is 0.875 bits per heavy atom. The Hall–Kier alpha value is -6.08. The number of carbonyl (C=O) groups excluding carboxylic acids is 2. The number of nitrogens with one attached hydrogen (secondary N) is 3. The number of ether oxygens (including phenoxy) is 3. The zero-order chi connectivity index (χ0) is 39.4. The number of benzene rings is 3. The van der Waals surface area contributed by atoms with Gasteiger partial charge >= 0.3 is 5.97 Å². The lowest BCUT2D eigenvalue weighted by molar-refractivity contribution is -0.148. The lowest BCUT2D eigenvalue weighted by atomic mass is 9.82. The number of phenols is 2. The van der Waals surface area contributed by atoms with Gasteiger partial charge in [-0.3, -0.25) is 9.59 Å². The van der Waals surface area contributed by atoms with Crippen LogP contribution in [0.25, 0.3) is 0 Å². The van der Waals surface area contributed by atoms with E-state index in [1.165, 1.54) is 24.1 Å². The minimum Gasteiger partial charge on any atom is -0.508 e. The highest BCUT2D eigenvalue weighted by Gasteiger charge is 2.25. The molecular weight excluding hydrogens is 707 g/mol. The lowest BCUT2D eigenvalue weighted by Gasteiger charge is -2.25. The summed E-state index contributed by atoms with van der Waals surface area (Å²) in [5.41, 5.74) is 5.39. The number of carbonyl (C=O) groups is 2. The van der Waals surface area contributed by atoms with Gasteiger partial charge in [-0.15, -0.1) is 0 Å². The van der Waals surface area contributed by atoms with Gasteiger partial charge in [-0.25, -0.2) is 0 Å². The summed E-state index contributed by atoms with van der Waals surface area (Å²) in [5.74, 6) is 8.46. The average Bonchev–Trinajstić information content (AvgIpc) is 3.62. The van der Waals surface area contributed by atoms with Crippen LogP contribution in [0, 0.1) is 17.8 Å². The van der Waals surface area contributed by atoms with E-state index >= 15 is 0 Å². The van der Waals surface area contributed by atoms with Crippen LogP contribution < -0.4 is 20.1 Å². The first-order valence-electron chi connectivity index (χ1n) is 19.3. The summed E-state index contributed by atoms with van der Waals surface area (Å²) in [6, 6.07) is 19.5. The number of aromatic hydroxyl groups is 2. The van der Waals surface area contributed by atoms with Crippen LogP contribution in [0.4, 0.5) is 0 Å². The van der Waals surface area contributed by atoms with Gasteiger partial charge in [0.05, 0.1) is 25.4 Å². The number of esters is 1. The van der Waals surface area contributed by atoms with Gasteiger partial charge in [0.1, 0.15) is 29.1 Å². The maximum atomic E-state index is 13.8. The van der Waals surface area contributed by atoms with Gasteiger partial charge in [-0.2, -0.15) is 0 Å². The minimum absolute atomic E-state index is 0.00874. The molecule has 2 aliphatic rings. The fourth-order valence-electron chi connectivity index (χ4n) is 7.52. The van der Waals surface area contributed by atoms with Crippen molar-refractivity contribution in [3.05, 3.63) is 125 Å². The van der Waals surface area contributed by atoms with Crippen LogP contribution >= 0.6 is 0 Å². The van der Waals surface area contributed by atoms with E-state index in [2.05, 4.69) is 65.0 Å². The molecule has 0 aliphatic carbocycles. The van der Waals surface area contributed by atoms with Crippen molar-refractivity contribution < 1.29 is 34.0 Å². The number of rotatable bonds is 7. The Labute approximate surface area is 329 Å². The highest BCUT2D eigenvalue weighted by atomic mass is 16.5. The summed E-state index contributed by atoms with van der Waals surface area (Å²) in [4.78, 5) is 29.4. The van der Waals surface area contributed by atoms with Crippen molar-refractivity contribution in [1.82, 2.24) is 15.6 Å². The van der Waals surface area contributed by atoms with E-state index in [1.807, 2.05) is 24.3 Å². The normalized spacial score (nSPS) is 20.7. The first-order valence-corrected chi connectivity index (χ1v) is 19.3. The summed E-state index contributed by atoms with van der Waals surface area (Å²) in [6.45, 7) is 4.51. The molecule has 3 heterocycles. The SMILES string of the molecule is CC[C@@H]1CC[C@@H](OC(C)=O)CC(=O)C[C@@H](c2ccc(Oc3cccc(O)c3)c(OC)c2)C#CCNC2=CC(=CCN2)[C@H](c2cccc(O)c2)Cc2c[nH]cc2C1. The average molecular weight is 758 g/mol. The summed E-state index contributed by atoms with van der Waals surface area (Å²) in [5, 5.41) is 27.2. The highest BCUT2D eigenvalue weighted by molar-refractivity contribution is 5.81. The van der Waals surface area contributed by atoms with Gasteiger partial charge in [0.25, 0.3) is 0 Å². The molecule has 3 aromatic carbocycles. The number of ketones is 1. The first-order chi connectivity index (χ1) is 27.2. The second-order valence-electron chi connectivity index (χ2n) is 14.5.